The molecule has 0 aromatic heterocycles. The maximum absolute atomic E-state index is 13.5. The summed E-state index contributed by atoms with van der Waals surface area (Å²) in [6.07, 6.45) is 0. The third kappa shape index (κ3) is 4.95. The van der Waals surface area contributed by atoms with Gasteiger partial charge in [0.15, 0.2) is 0 Å². The van der Waals surface area contributed by atoms with Gasteiger partial charge in [0.25, 0.3) is 0 Å². The van der Waals surface area contributed by atoms with Gasteiger partial charge >= 0.3 is 0 Å². The van der Waals surface area contributed by atoms with Gasteiger partial charge in [-0.3, -0.25) is 9.69 Å². The zero-order valence-electron chi connectivity index (χ0n) is 17.7. The van der Waals surface area contributed by atoms with E-state index in [4.69, 9.17) is 5.73 Å². The molecule has 0 atom stereocenters. The van der Waals surface area contributed by atoms with Crippen LogP contribution in [0.25, 0.3) is 0 Å². The van der Waals surface area contributed by atoms with Crippen LogP contribution in [0, 0.1) is 11.6 Å². The Kier molecular flexibility index (Phi) is 6.55. The molecule has 0 aliphatic carbocycles. The van der Waals surface area contributed by atoms with Crippen molar-refractivity contribution in [3.05, 3.63) is 101 Å². The summed E-state index contributed by atoms with van der Waals surface area (Å²) in [5.74, 6) is -1.33. The summed E-state index contributed by atoms with van der Waals surface area (Å²) in [6, 6.07) is 17.5. The molecular weight excluding hydrogens is 448 g/mol. The number of piperazine rings is 1. The van der Waals surface area contributed by atoms with Crippen molar-refractivity contribution in [1.29, 1.82) is 0 Å². The van der Waals surface area contributed by atoms with Gasteiger partial charge < -0.3 is 5.73 Å². The summed E-state index contributed by atoms with van der Waals surface area (Å²) >= 11 is 0. The number of hydrogen-bond donors (Lipinski definition) is 1. The number of sulfonamides is 1. The minimum absolute atomic E-state index is 0.0922. The molecule has 0 radical (unpaired) electrons. The van der Waals surface area contributed by atoms with Crippen LogP contribution in [0.15, 0.2) is 77.7 Å². The number of amides is 1. The third-order valence-electron chi connectivity index (χ3n) is 5.79. The van der Waals surface area contributed by atoms with Crippen LogP contribution >= 0.6 is 0 Å². The summed E-state index contributed by atoms with van der Waals surface area (Å²) in [6.45, 7) is 1.35. The number of nitrogens with two attached hydrogens (primary N) is 1. The second-order valence-corrected chi connectivity index (χ2v) is 9.77. The quantitative estimate of drug-likeness (QED) is 0.599. The van der Waals surface area contributed by atoms with Crippen LogP contribution in [0.4, 0.5) is 8.78 Å². The van der Waals surface area contributed by atoms with Gasteiger partial charge in [0.05, 0.1) is 10.9 Å². The lowest BCUT2D eigenvalue weighted by Gasteiger charge is -2.39. The first-order chi connectivity index (χ1) is 15.8. The molecule has 1 amide bonds. The second-order valence-electron chi connectivity index (χ2n) is 7.83. The van der Waals surface area contributed by atoms with Crippen molar-refractivity contribution in [1.82, 2.24) is 9.21 Å². The lowest BCUT2D eigenvalue weighted by atomic mass is 9.96. The molecule has 33 heavy (non-hydrogen) atoms. The van der Waals surface area contributed by atoms with E-state index >= 15 is 0 Å². The average Bonchev–Trinajstić information content (AvgIpc) is 2.82. The topological polar surface area (TPSA) is 83.7 Å². The molecule has 0 saturated carbocycles. The molecule has 1 aliphatic rings. The van der Waals surface area contributed by atoms with Crippen molar-refractivity contribution in [3.63, 3.8) is 0 Å². The van der Waals surface area contributed by atoms with E-state index in [0.29, 0.717) is 13.1 Å². The highest BCUT2D eigenvalue weighted by Crippen LogP contribution is 2.31. The maximum atomic E-state index is 13.5. The molecule has 4 rings (SSSR count). The minimum Gasteiger partial charge on any atom is -0.366 e. The molecule has 1 heterocycles. The molecule has 0 spiro atoms. The van der Waals surface area contributed by atoms with E-state index in [1.54, 1.807) is 24.3 Å². The van der Waals surface area contributed by atoms with Crippen LogP contribution < -0.4 is 5.73 Å². The average molecular weight is 472 g/mol. The summed E-state index contributed by atoms with van der Waals surface area (Å²) in [4.78, 5) is 13.4. The Morgan fingerprint density at radius 3 is 1.64 bits per heavy atom. The Bertz CT molecular complexity index is 1180. The fraction of sp³-hybridized carbons (Fsp3) is 0.208. The highest BCUT2D eigenvalue weighted by Gasteiger charge is 2.32. The molecular formula is C24H23F2N3O3S. The molecule has 9 heteroatoms. The monoisotopic (exact) mass is 471 g/mol. The number of hydrogen-bond acceptors (Lipinski definition) is 4. The molecule has 1 aliphatic heterocycles. The Labute approximate surface area is 191 Å². The lowest BCUT2D eigenvalue weighted by Crippen LogP contribution is -2.49. The number of halogens is 2. The predicted molar refractivity (Wildman–Crippen MR) is 120 cm³/mol. The Morgan fingerprint density at radius 2 is 1.21 bits per heavy atom. The molecule has 6 nitrogen and oxygen atoms in total. The van der Waals surface area contributed by atoms with Gasteiger partial charge in [-0.25, -0.2) is 17.2 Å². The van der Waals surface area contributed by atoms with Gasteiger partial charge in [-0.1, -0.05) is 24.3 Å². The Morgan fingerprint density at radius 1 is 0.758 bits per heavy atom. The molecule has 0 unspecified atom stereocenters. The van der Waals surface area contributed by atoms with E-state index in [1.165, 1.54) is 52.8 Å². The molecule has 2 N–H and O–H groups in total. The normalized spacial score (nSPS) is 15.6. The van der Waals surface area contributed by atoms with Crippen LogP contribution in [0.3, 0.4) is 0 Å². The van der Waals surface area contributed by atoms with Gasteiger partial charge in [-0.05, 0) is 59.7 Å². The van der Waals surface area contributed by atoms with Gasteiger partial charge in [-0.2, -0.15) is 4.31 Å². The predicted octanol–water partition coefficient (Wildman–Crippen LogP) is 3.16. The fourth-order valence-corrected chi connectivity index (χ4v) is 5.47. The van der Waals surface area contributed by atoms with Crippen molar-refractivity contribution >= 4 is 15.9 Å². The molecule has 1 saturated heterocycles. The number of benzene rings is 3. The summed E-state index contributed by atoms with van der Waals surface area (Å²) in [5, 5.41) is 0. The number of rotatable bonds is 6. The van der Waals surface area contributed by atoms with Crippen molar-refractivity contribution in [2.45, 2.75) is 10.9 Å². The van der Waals surface area contributed by atoms with Gasteiger partial charge in [0.1, 0.15) is 11.6 Å². The SMILES string of the molecule is NC(=O)c1ccc(S(=O)(=O)N2CCN(C(c3ccc(F)cc3)c3ccc(F)cc3)CC2)cc1. The van der Waals surface area contributed by atoms with E-state index in [9.17, 15) is 22.0 Å². The minimum atomic E-state index is -3.74. The molecule has 1 fully saturated rings. The zero-order valence-corrected chi connectivity index (χ0v) is 18.5. The van der Waals surface area contributed by atoms with Crippen LogP contribution in [0.1, 0.15) is 27.5 Å². The first-order valence-corrected chi connectivity index (χ1v) is 11.8. The molecule has 3 aromatic rings. The Balaban J connectivity index is 1.55. The zero-order chi connectivity index (χ0) is 23.6. The van der Waals surface area contributed by atoms with E-state index in [1.807, 2.05) is 0 Å². The molecule has 0 bridgehead atoms. The van der Waals surface area contributed by atoms with Gasteiger partial charge in [0, 0.05) is 31.7 Å². The first-order valence-electron chi connectivity index (χ1n) is 10.4. The first kappa shape index (κ1) is 23.0. The molecule has 172 valence electrons. The summed E-state index contributed by atoms with van der Waals surface area (Å²) in [7, 11) is -3.74. The number of carbonyl (C=O) groups excluding carboxylic acids is 1. The van der Waals surface area contributed by atoms with E-state index in [-0.39, 0.29) is 41.2 Å². The maximum Gasteiger partial charge on any atom is 0.248 e. The highest BCUT2D eigenvalue weighted by atomic mass is 32.2. The number of nitrogens with zero attached hydrogens (tertiary/aromatic N) is 2. The number of primary amides is 1. The lowest BCUT2D eigenvalue weighted by molar-refractivity contribution is 0.1000. The van der Waals surface area contributed by atoms with Crippen molar-refractivity contribution in [2.75, 3.05) is 26.2 Å². The van der Waals surface area contributed by atoms with Crippen molar-refractivity contribution in [3.8, 4) is 0 Å². The van der Waals surface area contributed by atoms with E-state index < -0.39 is 15.9 Å². The number of carbonyl (C=O) groups is 1. The molecule has 3 aromatic carbocycles. The van der Waals surface area contributed by atoms with Crippen LogP contribution in [-0.2, 0) is 10.0 Å². The van der Waals surface area contributed by atoms with Gasteiger partial charge in [0.2, 0.25) is 15.9 Å². The standard InChI is InChI=1S/C24H23F2N3O3S/c25-20-7-1-17(2-8-20)23(18-3-9-21(26)10-4-18)28-13-15-29(16-14-28)33(31,32)22-11-5-19(6-12-22)24(27)30/h1-12,23H,13-16H2,(H2,27,30). The second kappa shape index (κ2) is 9.38. The van der Waals surface area contributed by atoms with E-state index in [2.05, 4.69) is 4.90 Å². The summed E-state index contributed by atoms with van der Waals surface area (Å²) < 4.78 is 54.5. The smallest absolute Gasteiger partial charge is 0.248 e. The van der Waals surface area contributed by atoms with Crippen LogP contribution in [0.2, 0.25) is 0 Å². The Hall–Kier alpha value is -3.14. The van der Waals surface area contributed by atoms with Crippen molar-refractivity contribution in [2.24, 2.45) is 5.73 Å². The fourth-order valence-electron chi connectivity index (χ4n) is 4.05. The highest BCUT2D eigenvalue weighted by molar-refractivity contribution is 7.89. The van der Waals surface area contributed by atoms with Crippen LogP contribution in [0.5, 0.6) is 0 Å². The van der Waals surface area contributed by atoms with Gasteiger partial charge in [-0.15, -0.1) is 0 Å². The van der Waals surface area contributed by atoms with Crippen LogP contribution in [-0.4, -0.2) is 49.7 Å². The largest absolute Gasteiger partial charge is 0.366 e. The van der Waals surface area contributed by atoms with Crippen molar-refractivity contribution < 1.29 is 22.0 Å². The van der Waals surface area contributed by atoms with E-state index in [0.717, 1.165) is 11.1 Å². The summed E-state index contributed by atoms with van der Waals surface area (Å²) in [5.41, 5.74) is 7.13. The third-order valence-corrected chi connectivity index (χ3v) is 7.70.